The van der Waals surface area contributed by atoms with Gasteiger partial charge in [-0.2, -0.15) is 5.10 Å². The zero-order chi connectivity index (χ0) is 18.1. The minimum absolute atomic E-state index is 0.283. The second-order valence-corrected chi connectivity index (χ2v) is 6.35. The first-order valence-electron chi connectivity index (χ1n) is 8.13. The van der Waals surface area contributed by atoms with Crippen molar-refractivity contribution < 1.29 is 4.79 Å². The van der Waals surface area contributed by atoms with Crippen LogP contribution in [-0.4, -0.2) is 25.1 Å². The summed E-state index contributed by atoms with van der Waals surface area (Å²) < 4.78 is 3.58. The number of amides is 1. The first kappa shape index (κ1) is 16.4. The Balaban J connectivity index is 1.57. The summed E-state index contributed by atoms with van der Waals surface area (Å²) in [6.07, 6.45) is 3.37. The molecule has 7 heteroatoms. The van der Waals surface area contributed by atoms with Gasteiger partial charge in [-0.05, 0) is 30.7 Å². The maximum absolute atomic E-state index is 12.6. The Labute approximate surface area is 155 Å². The SMILES string of the molecule is Cc1cccc2nc(C(=O)Nc3ccnn3Cc3ccccc3Cl)cn12. The average molecular weight is 366 g/mol. The van der Waals surface area contributed by atoms with Gasteiger partial charge in [0.15, 0.2) is 0 Å². The fourth-order valence-electron chi connectivity index (χ4n) is 2.79. The highest BCUT2D eigenvalue weighted by molar-refractivity contribution is 6.31. The Hall–Kier alpha value is -3.12. The normalized spacial score (nSPS) is 11.0. The fraction of sp³-hybridized carbons (Fsp3) is 0.105. The Morgan fingerprint density at radius 2 is 2.00 bits per heavy atom. The van der Waals surface area contributed by atoms with E-state index in [1.54, 1.807) is 23.1 Å². The topological polar surface area (TPSA) is 64.2 Å². The lowest BCUT2D eigenvalue weighted by atomic mass is 10.2. The highest BCUT2D eigenvalue weighted by Crippen LogP contribution is 2.18. The summed E-state index contributed by atoms with van der Waals surface area (Å²) in [4.78, 5) is 17.0. The molecule has 0 bridgehead atoms. The van der Waals surface area contributed by atoms with Gasteiger partial charge < -0.3 is 9.72 Å². The molecule has 0 fully saturated rings. The van der Waals surface area contributed by atoms with Gasteiger partial charge in [0.1, 0.15) is 17.2 Å². The predicted octanol–water partition coefficient (Wildman–Crippen LogP) is 3.79. The van der Waals surface area contributed by atoms with E-state index in [0.29, 0.717) is 23.1 Å². The molecule has 3 heterocycles. The van der Waals surface area contributed by atoms with E-state index in [-0.39, 0.29) is 5.91 Å². The van der Waals surface area contributed by atoms with Gasteiger partial charge in [0.05, 0.1) is 12.7 Å². The monoisotopic (exact) mass is 365 g/mol. The number of nitrogens with one attached hydrogen (secondary N) is 1. The van der Waals surface area contributed by atoms with Crippen LogP contribution in [0.3, 0.4) is 0 Å². The van der Waals surface area contributed by atoms with Crippen molar-refractivity contribution in [2.45, 2.75) is 13.5 Å². The van der Waals surface area contributed by atoms with Gasteiger partial charge in [0, 0.05) is 23.0 Å². The van der Waals surface area contributed by atoms with Gasteiger partial charge in [0.25, 0.3) is 5.91 Å². The number of aryl methyl sites for hydroxylation is 1. The lowest BCUT2D eigenvalue weighted by Crippen LogP contribution is -2.16. The number of carbonyl (C=O) groups is 1. The van der Waals surface area contributed by atoms with Gasteiger partial charge in [-0.3, -0.25) is 4.79 Å². The average Bonchev–Trinajstić information content (AvgIpc) is 3.25. The van der Waals surface area contributed by atoms with E-state index in [1.807, 2.05) is 53.8 Å². The van der Waals surface area contributed by atoms with Gasteiger partial charge in [-0.25, -0.2) is 9.67 Å². The third kappa shape index (κ3) is 3.07. The molecule has 1 aromatic carbocycles. The highest BCUT2D eigenvalue weighted by Gasteiger charge is 2.14. The predicted molar refractivity (Wildman–Crippen MR) is 101 cm³/mol. The molecular weight excluding hydrogens is 350 g/mol. The number of imidazole rings is 1. The van der Waals surface area contributed by atoms with Crippen LogP contribution in [0, 0.1) is 6.92 Å². The molecule has 0 aliphatic carbocycles. The lowest BCUT2D eigenvalue weighted by Gasteiger charge is -2.09. The third-order valence-electron chi connectivity index (χ3n) is 4.16. The Kier molecular flexibility index (Phi) is 4.18. The van der Waals surface area contributed by atoms with Crippen LogP contribution in [0.5, 0.6) is 0 Å². The largest absolute Gasteiger partial charge is 0.305 e. The molecule has 1 N–H and O–H groups in total. The maximum Gasteiger partial charge on any atom is 0.277 e. The number of benzene rings is 1. The number of pyridine rings is 1. The maximum atomic E-state index is 12.6. The number of nitrogens with zero attached hydrogens (tertiary/aromatic N) is 4. The highest BCUT2D eigenvalue weighted by atomic mass is 35.5. The summed E-state index contributed by atoms with van der Waals surface area (Å²) in [5, 5.41) is 7.81. The van der Waals surface area contributed by atoms with E-state index < -0.39 is 0 Å². The van der Waals surface area contributed by atoms with Crippen LogP contribution in [0.1, 0.15) is 21.7 Å². The summed E-state index contributed by atoms with van der Waals surface area (Å²) in [5.41, 5.74) is 3.03. The fourth-order valence-corrected chi connectivity index (χ4v) is 2.99. The molecule has 0 aliphatic rings. The van der Waals surface area contributed by atoms with Crippen LogP contribution < -0.4 is 5.32 Å². The number of hydrogen-bond donors (Lipinski definition) is 1. The van der Waals surface area contributed by atoms with E-state index in [1.165, 1.54) is 0 Å². The molecule has 0 saturated heterocycles. The number of rotatable bonds is 4. The summed E-state index contributed by atoms with van der Waals surface area (Å²) in [5.74, 6) is 0.303. The lowest BCUT2D eigenvalue weighted by molar-refractivity contribution is 0.102. The number of aromatic nitrogens is 4. The van der Waals surface area contributed by atoms with Crippen LogP contribution in [-0.2, 0) is 6.54 Å². The van der Waals surface area contributed by atoms with E-state index in [9.17, 15) is 4.79 Å². The Bertz CT molecular complexity index is 1100. The van der Waals surface area contributed by atoms with Crippen molar-refractivity contribution in [1.82, 2.24) is 19.2 Å². The van der Waals surface area contributed by atoms with Crippen molar-refractivity contribution in [1.29, 1.82) is 0 Å². The molecule has 0 radical (unpaired) electrons. The molecule has 0 unspecified atom stereocenters. The molecule has 0 aliphatic heterocycles. The molecule has 0 atom stereocenters. The summed E-state index contributed by atoms with van der Waals surface area (Å²) in [7, 11) is 0. The first-order chi connectivity index (χ1) is 12.6. The Morgan fingerprint density at radius 1 is 1.15 bits per heavy atom. The van der Waals surface area contributed by atoms with E-state index in [0.717, 1.165) is 16.9 Å². The van der Waals surface area contributed by atoms with E-state index in [4.69, 9.17) is 11.6 Å². The quantitative estimate of drug-likeness (QED) is 0.598. The summed E-state index contributed by atoms with van der Waals surface area (Å²) in [6, 6.07) is 15.1. The van der Waals surface area contributed by atoms with Gasteiger partial charge >= 0.3 is 0 Å². The number of anilines is 1. The summed E-state index contributed by atoms with van der Waals surface area (Å²) >= 11 is 6.21. The van der Waals surface area contributed by atoms with Crippen LogP contribution in [0.2, 0.25) is 5.02 Å². The molecule has 130 valence electrons. The molecule has 1 amide bonds. The van der Waals surface area contributed by atoms with Crippen molar-refractivity contribution in [3.8, 4) is 0 Å². The molecule has 0 spiro atoms. The second-order valence-electron chi connectivity index (χ2n) is 5.94. The zero-order valence-electron chi connectivity index (χ0n) is 14.1. The number of halogens is 1. The first-order valence-corrected chi connectivity index (χ1v) is 8.51. The van der Waals surface area contributed by atoms with Crippen molar-refractivity contribution in [2.75, 3.05) is 5.32 Å². The minimum atomic E-state index is -0.283. The summed E-state index contributed by atoms with van der Waals surface area (Å²) in [6.45, 7) is 2.43. The number of hydrogen-bond acceptors (Lipinski definition) is 3. The van der Waals surface area contributed by atoms with Crippen molar-refractivity contribution in [3.05, 3.63) is 82.9 Å². The zero-order valence-corrected chi connectivity index (χ0v) is 14.8. The van der Waals surface area contributed by atoms with Gasteiger partial charge in [0.2, 0.25) is 0 Å². The van der Waals surface area contributed by atoms with E-state index in [2.05, 4.69) is 15.4 Å². The number of fused-ring (bicyclic) bond motifs is 1. The molecular formula is C19H16ClN5O. The van der Waals surface area contributed by atoms with Crippen molar-refractivity contribution >= 4 is 29.0 Å². The van der Waals surface area contributed by atoms with E-state index >= 15 is 0 Å². The van der Waals surface area contributed by atoms with Crippen molar-refractivity contribution in [2.24, 2.45) is 0 Å². The van der Waals surface area contributed by atoms with Crippen LogP contribution in [0.4, 0.5) is 5.82 Å². The second kappa shape index (κ2) is 6.65. The molecule has 3 aromatic heterocycles. The van der Waals surface area contributed by atoms with Crippen LogP contribution in [0.25, 0.3) is 5.65 Å². The van der Waals surface area contributed by atoms with Crippen molar-refractivity contribution in [3.63, 3.8) is 0 Å². The molecule has 6 nitrogen and oxygen atoms in total. The van der Waals surface area contributed by atoms with Gasteiger partial charge in [-0.1, -0.05) is 35.9 Å². The molecule has 4 rings (SSSR count). The minimum Gasteiger partial charge on any atom is -0.305 e. The molecule has 26 heavy (non-hydrogen) atoms. The standard InChI is InChI=1S/C19H16ClN5O/c1-13-5-4-8-17-22-16(12-24(13)17)19(26)23-18-9-10-21-25(18)11-14-6-2-3-7-15(14)20/h2-10,12H,11H2,1H3,(H,23,26). The molecule has 4 aromatic rings. The third-order valence-corrected chi connectivity index (χ3v) is 4.53. The molecule has 0 saturated carbocycles. The van der Waals surface area contributed by atoms with Gasteiger partial charge in [-0.15, -0.1) is 0 Å². The number of carbonyl (C=O) groups excluding carboxylic acids is 1. The smallest absolute Gasteiger partial charge is 0.277 e. The van der Waals surface area contributed by atoms with Crippen LogP contribution in [0.15, 0.2) is 60.9 Å². The Morgan fingerprint density at radius 3 is 2.81 bits per heavy atom. The van der Waals surface area contributed by atoms with Crippen LogP contribution >= 0.6 is 11.6 Å².